The van der Waals surface area contributed by atoms with E-state index in [0.717, 1.165) is 21.9 Å². The minimum atomic E-state index is -0.828. The van der Waals surface area contributed by atoms with Crippen molar-refractivity contribution in [3.05, 3.63) is 77.9 Å². The van der Waals surface area contributed by atoms with Crippen LogP contribution in [0.4, 0.5) is 15.3 Å². The number of nitrogens with two attached hydrogens (primary N) is 1. The maximum Gasteiger partial charge on any atom is 0.330 e. The van der Waals surface area contributed by atoms with E-state index in [-0.39, 0.29) is 6.04 Å². The minimum Gasteiger partial charge on any atom is -0.368 e. The van der Waals surface area contributed by atoms with Gasteiger partial charge >= 0.3 is 12.1 Å². The van der Waals surface area contributed by atoms with Crippen molar-refractivity contribution in [2.45, 2.75) is 25.4 Å². The van der Waals surface area contributed by atoms with Gasteiger partial charge in [0.1, 0.15) is 6.04 Å². The molecule has 152 valence electrons. The highest BCUT2D eigenvalue weighted by atomic mass is 16.2. The van der Waals surface area contributed by atoms with Crippen molar-refractivity contribution in [1.82, 2.24) is 10.6 Å². The molecule has 1 aliphatic heterocycles. The van der Waals surface area contributed by atoms with Crippen LogP contribution in [-0.2, 0) is 11.2 Å². The molecule has 3 aromatic carbocycles. The summed E-state index contributed by atoms with van der Waals surface area (Å²) in [5, 5.41) is 7.22. The van der Waals surface area contributed by atoms with Crippen LogP contribution in [0.5, 0.6) is 0 Å². The summed E-state index contributed by atoms with van der Waals surface area (Å²) in [6, 6.07) is 18.4. The smallest absolute Gasteiger partial charge is 0.330 e. The lowest BCUT2D eigenvalue weighted by Crippen LogP contribution is -2.53. The van der Waals surface area contributed by atoms with E-state index in [1.54, 1.807) is 12.1 Å². The van der Waals surface area contributed by atoms with Crippen LogP contribution in [0, 0.1) is 0 Å². The molecule has 1 aliphatic rings. The van der Waals surface area contributed by atoms with Crippen molar-refractivity contribution in [2.24, 2.45) is 5.73 Å². The molecule has 3 aromatic rings. The standard InChI is InChI=1S/C23H22N4O3/c1-14(17-11-6-9-15-7-2-4-10-18(15)17)25-22(29)26-23(30)27-19-12-5-3-8-16(19)13-20(27)21(24)28/h2-12,14,20H,13H2,1H3,(H2,24,28)(H2,25,26,29,30)/t14-,20+/m1/s1. The number of primary amides is 1. The van der Waals surface area contributed by atoms with Crippen molar-refractivity contribution < 1.29 is 14.4 Å². The number of nitrogens with zero attached hydrogens (tertiary/aromatic N) is 1. The van der Waals surface area contributed by atoms with Gasteiger partial charge in [-0.1, -0.05) is 60.7 Å². The molecule has 0 saturated carbocycles. The molecule has 30 heavy (non-hydrogen) atoms. The molecular formula is C23H22N4O3. The first-order valence-corrected chi connectivity index (χ1v) is 9.71. The summed E-state index contributed by atoms with van der Waals surface area (Å²) in [6.07, 6.45) is 0.326. The fraction of sp³-hybridized carbons (Fsp3) is 0.174. The third-order valence-corrected chi connectivity index (χ3v) is 5.38. The predicted molar refractivity (Wildman–Crippen MR) is 115 cm³/mol. The van der Waals surface area contributed by atoms with Crippen molar-refractivity contribution in [1.29, 1.82) is 0 Å². The van der Waals surface area contributed by atoms with E-state index in [1.165, 1.54) is 4.90 Å². The van der Waals surface area contributed by atoms with Crippen molar-refractivity contribution in [3.8, 4) is 0 Å². The minimum absolute atomic E-state index is 0.326. The Bertz CT molecular complexity index is 1140. The fourth-order valence-electron chi connectivity index (χ4n) is 3.96. The summed E-state index contributed by atoms with van der Waals surface area (Å²) in [5.41, 5.74) is 7.84. The number of amides is 5. The van der Waals surface area contributed by atoms with Gasteiger partial charge in [0.2, 0.25) is 5.91 Å². The summed E-state index contributed by atoms with van der Waals surface area (Å²) >= 11 is 0. The molecule has 5 amide bonds. The maximum absolute atomic E-state index is 12.8. The van der Waals surface area contributed by atoms with Crippen LogP contribution in [0.25, 0.3) is 10.8 Å². The molecule has 0 saturated heterocycles. The van der Waals surface area contributed by atoms with E-state index in [9.17, 15) is 14.4 Å². The number of urea groups is 2. The topological polar surface area (TPSA) is 105 Å². The van der Waals surface area contributed by atoms with Crippen LogP contribution in [0.15, 0.2) is 66.7 Å². The first-order chi connectivity index (χ1) is 14.5. The molecule has 4 N–H and O–H groups in total. The van der Waals surface area contributed by atoms with Crippen LogP contribution in [0.2, 0.25) is 0 Å². The van der Waals surface area contributed by atoms with E-state index in [0.29, 0.717) is 12.1 Å². The third-order valence-electron chi connectivity index (χ3n) is 5.38. The van der Waals surface area contributed by atoms with E-state index >= 15 is 0 Å². The van der Waals surface area contributed by atoms with Crippen molar-refractivity contribution >= 4 is 34.4 Å². The fourth-order valence-corrected chi connectivity index (χ4v) is 3.96. The predicted octanol–water partition coefficient (Wildman–Crippen LogP) is 3.24. The van der Waals surface area contributed by atoms with Crippen LogP contribution in [0.3, 0.4) is 0 Å². The van der Waals surface area contributed by atoms with Gasteiger partial charge in [0.15, 0.2) is 0 Å². The second kappa shape index (κ2) is 7.87. The molecule has 1 heterocycles. The Hall–Kier alpha value is -3.87. The average molecular weight is 402 g/mol. The number of rotatable bonds is 3. The zero-order valence-corrected chi connectivity index (χ0v) is 16.5. The zero-order valence-electron chi connectivity index (χ0n) is 16.5. The average Bonchev–Trinajstić information content (AvgIpc) is 3.13. The molecule has 0 aromatic heterocycles. The van der Waals surface area contributed by atoms with Crippen LogP contribution >= 0.6 is 0 Å². The number of anilines is 1. The van der Waals surface area contributed by atoms with Crippen molar-refractivity contribution in [3.63, 3.8) is 0 Å². The van der Waals surface area contributed by atoms with Gasteiger partial charge in [-0.2, -0.15) is 0 Å². The van der Waals surface area contributed by atoms with Gasteiger partial charge in [-0.05, 0) is 34.9 Å². The summed E-state index contributed by atoms with van der Waals surface area (Å²) in [4.78, 5) is 38.5. The molecule has 7 nitrogen and oxygen atoms in total. The number of hydrogen-bond donors (Lipinski definition) is 3. The second-order valence-electron chi connectivity index (χ2n) is 7.31. The van der Waals surface area contributed by atoms with Gasteiger partial charge in [-0.25, -0.2) is 9.59 Å². The summed E-state index contributed by atoms with van der Waals surface area (Å²) in [7, 11) is 0. The quantitative estimate of drug-likeness (QED) is 0.626. The van der Waals surface area contributed by atoms with E-state index in [1.807, 2.05) is 61.5 Å². The normalized spacial score (nSPS) is 16.0. The maximum atomic E-state index is 12.8. The van der Waals surface area contributed by atoms with Gasteiger partial charge in [0.25, 0.3) is 0 Å². The monoisotopic (exact) mass is 402 g/mol. The third kappa shape index (κ3) is 3.57. The number of carbonyl (C=O) groups excluding carboxylic acids is 3. The largest absolute Gasteiger partial charge is 0.368 e. The van der Waals surface area contributed by atoms with Gasteiger partial charge in [0, 0.05) is 12.1 Å². The molecule has 0 bridgehead atoms. The molecule has 0 radical (unpaired) electrons. The highest BCUT2D eigenvalue weighted by Gasteiger charge is 2.37. The van der Waals surface area contributed by atoms with Crippen LogP contribution < -0.4 is 21.3 Å². The molecule has 0 unspecified atom stereocenters. The molecule has 2 atom stereocenters. The lowest BCUT2D eigenvalue weighted by Gasteiger charge is -2.24. The Kier molecular flexibility index (Phi) is 5.10. The number of para-hydroxylation sites is 1. The number of imide groups is 1. The first-order valence-electron chi connectivity index (χ1n) is 9.71. The Morgan fingerprint density at radius 2 is 1.70 bits per heavy atom. The Labute approximate surface area is 173 Å². The number of benzene rings is 3. The molecule has 0 spiro atoms. The summed E-state index contributed by atoms with van der Waals surface area (Å²) in [5.74, 6) is -0.620. The highest BCUT2D eigenvalue weighted by Crippen LogP contribution is 2.32. The molecule has 0 fully saturated rings. The van der Waals surface area contributed by atoms with Gasteiger partial charge < -0.3 is 11.1 Å². The van der Waals surface area contributed by atoms with Crippen LogP contribution in [-0.4, -0.2) is 24.0 Å². The lowest BCUT2D eigenvalue weighted by molar-refractivity contribution is -0.119. The Morgan fingerprint density at radius 3 is 2.50 bits per heavy atom. The SMILES string of the molecule is C[C@@H](NC(=O)NC(=O)N1c2ccccc2C[C@H]1C(N)=O)c1cccc2ccccc12. The Balaban J connectivity index is 1.49. The van der Waals surface area contributed by atoms with E-state index in [4.69, 9.17) is 5.73 Å². The molecule has 7 heteroatoms. The molecule has 0 aliphatic carbocycles. The highest BCUT2D eigenvalue weighted by molar-refractivity contribution is 6.07. The van der Waals surface area contributed by atoms with Gasteiger partial charge in [-0.3, -0.25) is 15.0 Å². The number of fused-ring (bicyclic) bond motifs is 2. The first kappa shape index (κ1) is 19.4. The number of carbonyl (C=O) groups is 3. The van der Waals surface area contributed by atoms with Crippen LogP contribution in [0.1, 0.15) is 24.1 Å². The summed E-state index contributed by atoms with van der Waals surface area (Å²) < 4.78 is 0. The molecule has 4 rings (SSSR count). The van der Waals surface area contributed by atoms with Gasteiger partial charge in [-0.15, -0.1) is 0 Å². The van der Waals surface area contributed by atoms with E-state index < -0.39 is 24.0 Å². The number of hydrogen-bond acceptors (Lipinski definition) is 3. The van der Waals surface area contributed by atoms with Gasteiger partial charge in [0.05, 0.1) is 6.04 Å². The van der Waals surface area contributed by atoms with E-state index in [2.05, 4.69) is 10.6 Å². The lowest BCUT2D eigenvalue weighted by atomic mass is 10.00. The summed E-state index contributed by atoms with van der Waals surface area (Å²) in [6.45, 7) is 1.85. The zero-order chi connectivity index (χ0) is 21.3. The molecular weight excluding hydrogens is 380 g/mol. The number of nitrogens with one attached hydrogen (secondary N) is 2. The Morgan fingerprint density at radius 1 is 1.00 bits per heavy atom. The second-order valence-corrected chi connectivity index (χ2v) is 7.31. The van der Waals surface area contributed by atoms with Crippen molar-refractivity contribution in [2.75, 3.05) is 4.90 Å².